The summed E-state index contributed by atoms with van der Waals surface area (Å²) in [5.41, 5.74) is -1.43. The lowest BCUT2D eigenvalue weighted by molar-refractivity contribution is -0.319. The molecule has 0 radical (unpaired) electrons. The molecule has 3 fully saturated rings. The molecular weight excluding hydrogens is 809 g/mol. The summed E-state index contributed by atoms with van der Waals surface area (Å²) in [7, 11) is 3.22. The van der Waals surface area contributed by atoms with Crippen molar-refractivity contribution in [1.29, 1.82) is 0 Å². The van der Waals surface area contributed by atoms with Crippen LogP contribution in [0.25, 0.3) is 39.0 Å². The van der Waals surface area contributed by atoms with Gasteiger partial charge in [-0.2, -0.15) is 28.2 Å². The summed E-state index contributed by atoms with van der Waals surface area (Å²) >= 11 is 0. The molecule has 0 unspecified atom stereocenters. The number of ether oxygens (including phenoxy) is 1. The van der Waals surface area contributed by atoms with Crippen LogP contribution >= 0.6 is 0 Å². The van der Waals surface area contributed by atoms with Crippen LogP contribution in [0, 0.1) is 29.8 Å². The number of nitrogens with one attached hydrogen (secondary N) is 1. The molecule has 1 amide bonds. The summed E-state index contributed by atoms with van der Waals surface area (Å²) in [4.78, 5) is 39.0. The average Bonchev–Trinajstić information content (AvgIpc) is 3.88. The van der Waals surface area contributed by atoms with Gasteiger partial charge in [0, 0.05) is 69.5 Å². The highest BCUT2D eigenvalue weighted by Gasteiger charge is 2.70. The zero-order valence-corrected chi connectivity index (χ0v) is 33.1. The van der Waals surface area contributed by atoms with Gasteiger partial charge in [-0.3, -0.25) is 4.79 Å². The van der Waals surface area contributed by atoms with E-state index in [-0.39, 0.29) is 68.2 Å². The Kier molecular flexibility index (Phi) is 8.82. The number of aromatic nitrogens is 7. The van der Waals surface area contributed by atoms with Crippen molar-refractivity contribution in [3.8, 4) is 16.9 Å². The molecule has 2 N–H and O–H groups in total. The van der Waals surface area contributed by atoms with Crippen LogP contribution < -0.4 is 15.1 Å². The van der Waals surface area contributed by atoms with Crippen molar-refractivity contribution in [3.63, 3.8) is 0 Å². The van der Waals surface area contributed by atoms with Gasteiger partial charge in [0.05, 0.1) is 41.0 Å². The highest BCUT2D eigenvalue weighted by Crippen LogP contribution is 2.60. The smallest absolute Gasteiger partial charge is 0.380 e. The van der Waals surface area contributed by atoms with Gasteiger partial charge in [0.2, 0.25) is 11.9 Å². The van der Waals surface area contributed by atoms with Gasteiger partial charge in [-0.05, 0) is 56.5 Å². The van der Waals surface area contributed by atoms with Gasteiger partial charge in [0.15, 0.2) is 17.1 Å². The Morgan fingerprint density at radius 1 is 0.951 bits per heavy atom. The highest BCUT2D eigenvalue weighted by molar-refractivity contribution is 5.94. The van der Waals surface area contributed by atoms with Gasteiger partial charge in [-0.1, -0.05) is 6.07 Å². The van der Waals surface area contributed by atoms with Crippen LogP contribution in [0.2, 0.25) is 0 Å². The zero-order valence-electron chi connectivity index (χ0n) is 33.1. The van der Waals surface area contributed by atoms with E-state index in [4.69, 9.17) is 19.7 Å². The monoisotopic (exact) mass is 847 g/mol. The Balaban J connectivity index is 1.07. The number of pyridine rings is 1. The second-order valence-electron chi connectivity index (χ2n) is 16.8. The first-order valence-electron chi connectivity index (χ1n) is 19.7. The lowest BCUT2D eigenvalue weighted by Crippen LogP contribution is -2.72. The molecule has 7 heterocycles. The van der Waals surface area contributed by atoms with Crippen LogP contribution in [0.4, 0.5) is 43.9 Å². The minimum atomic E-state index is -4.77. The second kappa shape index (κ2) is 13.7. The van der Waals surface area contributed by atoms with Gasteiger partial charge in [-0.15, -0.1) is 0 Å². The topological polar surface area (TPSA) is 143 Å². The minimum absolute atomic E-state index is 0.0969. The van der Waals surface area contributed by atoms with Crippen molar-refractivity contribution >= 4 is 45.6 Å². The van der Waals surface area contributed by atoms with E-state index < -0.39 is 65.7 Å². The molecule has 318 valence electrons. The Bertz CT molecular complexity index is 2740. The first-order valence-corrected chi connectivity index (χ1v) is 19.7. The molecule has 3 aliphatic heterocycles. The van der Waals surface area contributed by atoms with E-state index in [2.05, 4.69) is 15.4 Å². The Hall–Kier alpha value is -6.02. The number of likely N-dealkylation sites (N-methyl/N-ethyl adjacent to an activating group) is 1. The van der Waals surface area contributed by atoms with E-state index in [9.17, 15) is 27.5 Å². The molecule has 4 aliphatic rings. The van der Waals surface area contributed by atoms with E-state index in [0.717, 1.165) is 6.07 Å². The third kappa shape index (κ3) is 6.40. The molecule has 4 bridgehead atoms. The molecular formula is C41H39F6N11O3. The van der Waals surface area contributed by atoms with E-state index in [0.29, 0.717) is 45.4 Å². The molecule has 1 spiro atoms. The van der Waals surface area contributed by atoms with Crippen LogP contribution in [0.5, 0.6) is 0 Å². The number of halogens is 6. The maximum atomic E-state index is 15.3. The van der Waals surface area contributed by atoms with Crippen molar-refractivity contribution in [2.75, 3.05) is 55.5 Å². The maximum absolute atomic E-state index is 15.3. The van der Waals surface area contributed by atoms with Gasteiger partial charge in [-0.25, -0.2) is 27.8 Å². The predicted octanol–water partition coefficient (Wildman–Crippen LogP) is 5.39. The number of methoxy groups -OCH3 is 1. The molecule has 2 saturated heterocycles. The molecule has 61 heavy (non-hydrogen) atoms. The number of alkyl halides is 3. The van der Waals surface area contributed by atoms with Crippen molar-refractivity contribution in [1.82, 2.24) is 39.2 Å². The number of benzene rings is 2. The minimum Gasteiger partial charge on any atom is -0.380 e. The molecule has 10 rings (SSSR count). The van der Waals surface area contributed by atoms with Crippen LogP contribution in [0.1, 0.15) is 25.1 Å². The summed E-state index contributed by atoms with van der Waals surface area (Å²) in [6.07, 6.45) is -4.55. The highest BCUT2D eigenvalue weighted by atomic mass is 19.4. The molecule has 2 aromatic carbocycles. The number of fused-ring (bicyclic) bond motifs is 6. The Labute approximate surface area is 343 Å². The molecule has 6 aromatic rings. The molecule has 14 nitrogen and oxygen atoms in total. The quantitative estimate of drug-likeness (QED) is 0.221. The van der Waals surface area contributed by atoms with E-state index >= 15 is 8.78 Å². The standard InChI is InChI=1S/C41H39F6N11O3/c1-21-49-30-11-23(43)9-26-29-5-4-6-33(51-29)50-24-12-32(37(59)54(2)15-25(61-3)16-56(21)34(26)30)57(14-24)35-27-13-48-58(31-8-7-22(42)10-28(31)44)36(27)53-38(52-35)55-19-39(20-55)17-40(60,18-39)41(45,46)47/h4-11,13,24-25,32,60H,12,14-20H2,1-3H3,(H,50,51)/t24-,25-,32-/m0/s1. The predicted molar refractivity (Wildman–Crippen MR) is 211 cm³/mol. The van der Waals surface area contributed by atoms with Crippen LogP contribution in [-0.2, 0) is 16.1 Å². The number of hydrogen-bond acceptors (Lipinski definition) is 11. The number of hydrogen-bond donors (Lipinski definition) is 2. The van der Waals surface area contributed by atoms with Crippen LogP contribution in [-0.4, -0.2) is 120 Å². The number of amides is 1. The number of anilines is 3. The summed E-state index contributed by atoms with van der Waals surface area (Å²) in [6, 6.07) is 9.92. The van der Waals surface area contributed by atoms with E-state index in [1.54, 1.807) is 42.2 Å². The van der Waals surface area contributed by atoms with Crippen LogP contribution in [0.15, 0.2) is 54.7 Å². The second-order valence-corrected chi connectivity index (χ2v) is 16.8. The van der Waals surface area contributed by atoms with Gasteiger partial charge < -0.3 is 34.4 Å². The van der Waals surface area contributed by atoms with E-state index in [1.165, 1.54) is 29.1 Å². The van der Waals surface area contributed by atoms with Crippen molar-refractivity contribution in [3.05, 3.63) is 78.0 Å². The third-order valence-corrected chi connectivity index (χ3v) is 12.5. The number of rotatable bonds is 4. The maximum Gasteiger partial charge on any atom is 0.417 e. The number of carbonyl (C=O) groups is 1. The Morgan fingerprint density at radius 3 is 2.48 bits per heavy atom. The summed E-state index contributed by atoms with van der Waals surface area (Å²) in [5.74, 6) is -1.02. The molecule has 4 aromatic heterocycles. The van der Waals surface area contributed by atoms with Crippen LogP contribution in [0.3, 0.4) is 0 Å². The first-order chi connectivity index (χ1) is 29.0. The van der Waals surface area contributed by atoms with Crippen molar-refractivity contribution in [2.45, 2.75) is 62.7 Å². The summed E-state index contributed by atoms with van der Waals surface area (Å²) < 4.78 is 94.4. The summed E-state index contributed by atoms with van der Waals surface area (Å²) in [5, 5.41) is 18.5. The lowest BCUT2D eigenvalue weighted by Gasteiger charge is -2.62. The molecule has 3 atom stereocenters. The number of aliphatic hydroxyl groups is 1. The first kappa shape index (κ1) is 39.1. The zero-order chi connectivity index (χ0) is 42.7. The fraction of sp³-hybridized carbons (Fsp3) is 0.415. The number of aryl methyl sites for hydroxylation is 1. The van der Waals surface area contributed by atoms with Gasteiger partial charge in [0.25, 0.3) is 0 Å². The summed E-state index contributed by atoms with van der Waals surface area (Å²) in [6.45, 7) is 2.67. The van der Waals surface area contributed by atoms with Crippen molar-refractivity contribution < 1.29 is 41.0 Å². The number of nitrogens with zero attached hydrogens (tertiary/aromatic N) is 10. The normalized spacial score (nSPS) is 22.3. The molecule has 20 heteroatoms. The SMILES string of the molecule is CO[C@H]1CN(C)C(=O)[C@@H]2C[C@@H](CN2c2nc(N3CC4(C3)CC(O)(C(F)(F)F)C4)nc3c2cnn3-c2ccc(F)cc2F)Nc2cccc(n2)-c2cc(F)cc3nc(C)n(c23)C1. The van der Waals surface area contributed by atoms with E-state index in [1.807, 2.05) is 16.4 Å². The largest absolute Gasteiger partial charge is 0.417 e. The number of imidazole rings is 1. The van der Waals surface area contributed by atoms with Gasteiger partial charge >= 0.3 is 6.18 Å². The fourth-order valence-corrected chi connectivity index (χ4v) is 9.70. The number of carbonyl (C=O) groups excluding carboxylic acids is 1. The third-order valence-electron chi connectivity index (χ3n) is 12.5. The van der Waals surface area contributed by atoms with Crippen molar-refractivity contribution in [2.24, 2.45) is 5.41 Å². The molecule has 1 saturated carbocycles. The Morgan fingerprint density at radius 2 is 1.74 bits per heavy atom. The molecule has 1 aliphatic carbocycles. The average molecular weight is 848 g/mol. The fourth-order valence-electron chi connectivity index (χ4n) is 9.70. The lowest BCUT2D eigenvalue weighted by atomic mass is 9.55. The van der Waals surface area contributed by atoms with Gasteiger partial charge in [0.1, 0.15) is 40.8 Å².